The molecule has 0 fully saturated rings. The van der Waals surface area contributed by atoms with Gasteiger partial charge in [0.05, 0.1) is 5.02 Å². The van der Waals surface area contributed by atoms with E-state index in [4.69, 9.17) is 17.3 Å². The Labute approximate surface area is 94.3 Å². The maximum absolute atomic E-state index is 10.5. The lowest BCUT2D eigenvalue weighted by molar-refractivity contribution is -0.113. The zero-order chi connectivity index (χ0) is 10.7. The summed E-state index contributed by atoms with van der Waals surface area (Å²) in [5, 5.41) is 9.82. The molecule has 0 saturated carbocycles. The second kappa shape index (κ2) is 4.48. The van der Waals surface area contributed by atoms with Crippen LogP contribution in [0.15, 0.2) is 22.7 Å². The molecule has 14 heavy (non-hydrogen) atoms. The highest BCUT2D eigenvalue weighted by atomic mass is 79.9. The molecule has 3 nitrogen and oxygen atoms in total. The van der Waals surface area contributed by atoms with Crippen LogP contribution in [0.1, 0.15) is 5.56 Å². The van der Waals surface area contributed by atoms with Gasteiger partial charge in [0.25, 0.3) is 0 Å². The molecule has 0 aliphatic heterocycles. The van der Waals surface area contributed by atoms with Crippen LogP contribution in [-0.4, -0.2) is 11.0 Å². The first kappa shape index (κ1) is 11.1. The van der Waals surface area contributed by atoms with Crippen LogP contribution in [-0.2, 0) is 4.79 Å². The van der Waals surface area contributed by atoms with Gasteiger partial charge < -0.3 is 10.8 Å². The summed E-state index contributed by atoms with van der Waals surface area (Å²) in [5.41, 5.74) is 5.39. The van der Waals surface area contributed by atoms with Crippen LogP contribution >= 0.6 is 27.5 Å². The van der Waals surface area contributed by atoms with Gasteiger partial charge in [0.1, 0.15) is 5.75 Å². The molecule has 0 heterocycles. The Morgan fingerprint density at radius 3 is 2.79 bits per heavy atom. The lowest BCUT2D eigenvalue weighted by atomic mass is 10.2. The second-order valence-electron chi connectivity index (χ2n) is 2.56. The molecule has 1 aromatic rings. The van der Waals surface area contributed by atoms with Gasteiger partial charge in [-0.15, -0.1) is 0 Å². The zero-order valence-electron chi connectivity index (χ0n) is 7.00. The van der Waals surface area contributed by atoms with E-state index in [1.807, 2.05) is 0 Å². The standard InChI is InChI=1S/C9H7BrClNO2/c10-6-3-5(1-2-9(12)14)8(13)4-7(6)11/h1-4,13H,(H2,12,14)/b2-1+. The monoisotopic (exact) mass is 275 g/mol. The van der Waals surface area contributed by atoms with E-state index in [1.54, 1.807) is 6.07 Å². The topological polar surface area (TPSA) is 63.3 Å². The van der Waals surface area contributed by atoms with Crippen LogP contribution < -0.4 is 5.73 Å². The van der Waals surface area contributed by atoms with Crippen LogP contribution in [0.25, 0.3) is 6.08 Å². The highest BCUT2D eigenvalue weighted by Crippen LogP contribution is 2.30. The van der Waals surface area contributed by atoms with E-state index >= 15 is 0 Å². The minimum absolute atomic E-state index is 0.00398. The maximum Gasteiger partial charge on any atom is 0.241 e. The van der Waals surface area contributed by atoms with Gasteiger partial charge in [-0.05, 0) is 28.1 Å². The third-order valence-electron chi connectivity index (χ3n) is 1.50. The average molecular weight is 277 g/mol. The van der Waals surface area contributed by atoms with E-state index in [9.17, 15) is 9.90 Å². The van der Waals surface area contributed by atoms with Crippen LogP contribution in [0, 0.1) is 0 Å². The third-order valence-corrected chi connectivity index (χ3v) is 2.69. The molecule has 0 atom stereocenters. The maximum atomic E-state index is 10.5. The number of hydrogen-bond donors (Lipinski definition) is 2. The van der Waals surface area contributed by atoms with Crippen LogP contribution in [0.5, 0.6) is 5.75 Å². The highest BCUT2D eigenvalue weighted by molar-refractivity contribution is 9.10. The molecule has 0 aliphatic carbocycles. The van der Waals surface area contributed by atoms with Crippen molar-refractivity contribution in [2.75, 3.05) is 0 Å². The molecule has 1 amide bonds. The zero-order valence-corrected chi connectivity index (χ0v) is 9.34. The molecule has 3 N–H and O–H groups in total. The molecule has 0 saturated heterocycles. The van der Waals surface area contributed by atoms with Gasteiger partial charge in [0.15, 0.2) is 0 Å². The first-order valence-electron chi connectivity index (χ1n) is 3.66. The Kier molecular flexibility index (Phi) is 3.55. The molecule has 74 valence electrons. The number of rotatable bonds is 2. The van der Waals surface area contributed by atoms with E-state index in [-0.39, 0.29) is 5.75 Å². The lowest BCUT2D eigenvalue weighted by Gasteiger charge is -2.01. The van der Waals surface area contributed by atoms with Crippen molar-refractivity contribution < 1.29 is 9.90 Å². The number of primary amides is 1. The fourth-order valence-corrected chi connectivity index (χ4v) is 1.38. The molecular weight excluding hydrogens is 269 g/mol. The summed E-state index contributed by atoms with van der Waals surface area (Å²) < 4.78 is 0.640. The molecule has 0 aromatic heterocycles. The summed E-state index contributed by atoms with van der Waals surface area (Å²) in [6.07, 6.45) is 2.58. The van der Waals surface area contributed by atoms with Crippen LogP contribution in [0.4, 0.5) is 0 Å². The van der Waals surface area contributed by atoms with Gasteiger partial charge in [-0.2, -0.15) is 0 Å². The Balaban J connectivity index is 3.10. The normalized spacial score (nSPS) is 10.7. The number of phenols is 1. The van der Waals surface area contributed by atoms with E-state index in [1.165, 1.54) is 12.1 Å². The molecule has 0 aliphatic rings. The van der Waals surface area contributed by atoms with Gasteiger partial charge >= 0.3 is 0 Å². The molecular formula is C9H7BrClNO2. The van der Waals surface area contributed by atoms with Gasteiger partial charge in [-0.1, -0.05) is 11.6 Å². The number of halogens is 2. The Morgan fingerprint density at radius 2 is 2.21 bits per heavy atom. The lowest BCUT2D eigenvalue weighted by Crippen LogP contribution is -2.05. The number of hydrogen-bond acceptors (Lipinski definition) is 2. The fraction of sp³-hybridized carbons (Fsp3) is 0. The molecule has 0 radical (unpaired) electrons. The van der Waals surface area contributed by atoms with Gasteiger partial charge in [-0.25, -0.2) is 0 Å². The first-order valence-corrected chi connectivity index (χ1v) is 4.83. The van der Waals surface area contributed by atoms with Crippen molar-refractivity contribution in [3.05, 3.63) is 33.3 Å². The summed E-state index contributed by atoms with van der Waals surface area (Å²) in [6.45, 7) is 0. The summed E-state index contributed by atoms with van der Waals surface area (Å²) in [5.74, 6) is -0.578. The van der Waals surface area contributed by atoms with Crippen molar-refractivity contribution in [3.8, 4) is 5.75 Å². The Morgan fingerprint density at radius 1 is 1.57 bits per heavy atom. The minimum Gasteiger partial charge on any atom is -0.507 e. The Hall–Kier alpha value is -1.00. The van der Waals surface area contributed by atoms with Crippen molar-refractivity contribution in [2.45, 2.75) is 0 Å². The summed E-state index contributed by atoms with van der Waals surface area (Å²) in [7, 11) is 0. The van der Waals surface area contributed by atoms with E-state index < -0.39 is 5.91 Å². The molecule has 0 unspecified atom stereocenters. The molecule has 0 bridgehead atoms. The predicted molar refractivity (Wildman–Crippen MR) is 59.0 cm³/mol. The molecule has 0 spiro atoms. The highest BCUT2D eigenvalue weighted by Gasteiger charge is 2.03. The van der Waals surface area contributed by atoms with E-state index in [0.29, 0.717) is 15.1 Å². The second-order valence-corrected chi connectivity index (χ2v) is 3.82. The van der Waals surface area contributed by atoms with Crippen molar-refractivity contribution in [1.82, 2.24) is 0 Å². The number of aromatic hydroxyl groups is 1. The van der Waals surface area contributed by atoms with Crippen molar-refractivity contribution in [2.24, 2.45) is 5.73 Å². The van der Waals surface area contributed by atoms with Gasteiger partial charge in [0.2, 0.25) is 5.91 Å². The summed E-state index contributed by atoms with van der Waals surface area (Å²) in [4.78, 5) is 10.5. The largest absolute Gasteiger partial charge is 0.507 e. The van der Waals surface area contributed by atoms with Crippen molar-refractivity contribution >= 4 is 39.5 Å². The van der Waals surface area contributed by atoms with Crippen LogP contribution in [0.2, 0.25) is 5.02 Å². The number of amides is 1. The number of nitrogens with two attached hydrogens (primary N) is 1. The molecule has 5 heteroatoms. The summed E-state index contributed by atoms with van der Waals surface area (Å²) in [6, 6.07) is 2.98. The quantitative estimate of drug-likeness (QED) is 0.814. The summed E-state index contributed by atoms with van der Waals surface area (Å²) >= 11 is 8.92. The number of benzene rings is 1. The van der Waals surface area contributed by atoms with Crippen LogP contribution in [0.3, 0.4) is 0 Å². The molecule has 1 aromatic carbocycles. The number of carbonyl (C=O) groups excluding carboxylic acids is 1. The fourth-order valence-electron chi connectivity index (χ4n) is 0.857. The Bertz CT molecular complexity index is 404. The number of phenolic OH excluding ortho intramolecular Hbond substituents is 1. The van der Waals surface area contributed by atoms with Crippen molar-refractivity contribution in [3.63, 3.8) is 0 Å². The SMILES string of the molecule is NC(=O)/C=C/c1cc(Br)c(Cl)cc1O. The molecule has 1 rings (SSSR count). The predicted octanol–water partition coefficient (Wildman–Crippen LogP) is 2.31. The smallest absolute Gasteiger partial charge is 0.241 e. The van der Waals surface area contributed by atoms with E-state index in [0.717, 1.165) is 6.08 Å². The van der Waals surface area contributed by atoms with Gasteiger partial charge in [0, 0.05) is 22.2 Å². The minimum atomic E-state index is -0.574. The first-order chi connectivity index (χ1) is 6.50. The van der Waals surface area contributed by atoms with E-state index in [2.05, 4.69) is 15.9 Å². The number of carbonyl (C=O) groups is 1. The van der Waals surface area contributed by atoms with Crippen molar-refractivity contribution in [1.29, 1.82) is 0 Å². The van der Waals surface area contributed by atoms with Gasteiger partial charge in [-0.3, -0.25) is 4.79 Å². The third kappa shape index (κ3) is 2.75. The average Bonchev–Trinajstić information content (AvgIpc) is 2.09.